The molecule has 0 spiro atoms. The molecule has 1 N–H and O–H groups in total. The van der Waals surface area contributed by atoms with E-state index in [1.54, 1.807) is 22.9 Å². The van der Waals surface area contributed by atoms with Gasteiger partial charge >= 0.3 is 0 Å². The Labute approximate surface area is 182 Å². The molecule has 0 saturated heterocycles. The van der Waals surface area contributed by atoms with E-state index in [1.807, 2.05) is 52.2 Å². The zero-order valence-electron chi connectivity index (χ0n) is 18.1. The summed E-state index contributed by atoms with van der Waals surface area (Å²) in [6.45, 7) is 6.64. The number of hydrogen-bond acceptors (Lipinski definition) is 6. The summed E-state index contributed by atoms with van der Waals surface area (Å²) in [6.07, 6.45) is 3.52. The highest BCUT2D eigenvalue weighted by Gasteiger charge is 2.15. The van der Waals surface area contributed by atoms with E-state index in [0.29, 0.717) is 17.1 Å². The molecule has 3 heterocycles. The Morgan fingerprint density at radius 3 is 2.55 bits per heavy atom. The predicted molar refractivity (Wildman–Crippen MR) is 123 cm³/mol. The van der Waals surface area contributed by atoms with Crippen molar-refractivity contribution in [1.82, 2.24) is 25.0 Å². The van der Waals surface area contributed by atoms with Crippen molar-refractivity contribution in [2.75, 3.05) is 7.05 Å². The van der Waals surface area contributed by atoms with E-state index < -0.39 is 0 Å². The minimum absolute atomic E-state index is 0. The quantitative estimate of drug-likeness (QED) is 0.498. The number of hydrogen-bond donors (Lipinski definition) is 1. The van der Waals surface area contributed by atoms with Gasteiger partial charge in [0.05, 0.1) is 17.6 Å². The molecule has 1 aromatic carbocycles. The van der Waals surface area contributed by atoms with Gasteiger partial charge in [0.1, 0.15) is 11.4 Å². The van der Waals surface area contributed by atoms with Crippen molar-refractivity contribution in [3.05, 3.63) is 76.5 Å². The summed E-state index contributed by atoms with van der Waals surface area (Å²) in [5.41, 5.74) is 5.74. The molecule has 0 amide bonds. The Kier molecular flexibility index (Phi) is 5.77. The van der Waals surface area contributed by atoms with Gasteiger partial charge in [-0.25, -0.2) is 4.98 Å². The zero-order valence-corrected chi connectivity index (χ0v) is 18.1. The average molecular weight is 418 g/mol. The summed E-state index contributed by atoms with van der Waals surface area (Å²) >= 11 is 0. The molecule has 4 rings (SSSR count). The van der Waals surface area contributed by atoms with Gasteiger partial charge in [0.2, 0.25) is 0 Å². The van der Waals surface area contributed by atoms with Crippen molar-refractivity contribution >= 4 is 0 Å². The van der Waals surface area contributed by atoms with Crippen LogP contribution in [0.4, 0.5) is 0 Å². The van der Waals surface area contributed by atoms with Crippen LogP contribution in [-0.2, 0) is 6.54 Å². The smallest absolute Gasteiger partial charge is 0.250 e. The number of pyridine rings is 1. The van der Waals surface area contributed by atoms with Gasteiger partial charge in [-0.3, -0.25) is 9.78 Å². The number of aromatic nitrogens is 4. The molecule has 0 saturated carbocycles. The van der Waals surface area contributed by atoms with Crippen molar-refractivity contribution in [1.29, 1.82) is 0 Å². The van der Waals surface area contributed by atoms with Crippen LogP contribution in [0.15, 0.2) is 64.2 Å². The standard InChI is InChI=1S/C24H25N5O2.H2/c1-15(2)29-14-19(9-10-23(29)30)21-13-26-16(3)24(27-21)22-11-20(28-31-22)18-7-5-17(6-8-18)12-25-4;/h5-11,13-15,25H,12H2,1-4H3;1H. The van der Waals surface area contributed by atoms with Gasteiger partial charge < -0.3 is 14.4 Å². The van der Waals surface area contributed by atoms with Crippen LogP contribution >= 0.6 is 0 Å². The lowest BCUT2D eigenvalue weighted by Crippen LogP contribution is -2.20. The maximum atomic E-state index is 12.1. The molecule has 7 heteroatoms. The Morgan fingerprint density at radius 1 is 1.10 bits per heavy atom. The summed E-state index contributed by atoms with van der Waals surface area (Å²) in [6, 6.07) is 13.4. The van der Waals surface area contributed by atoms with Crippen LogP contribution in [0.25, 0.3) is 34.0 Å². The second-order valence-corrected chi connectivity index (χ2v) is 7.75. The zero-order chi connectivity index (χ0) is 22.0. The van der Waals surface area contributed by atoms with Crippen molar-refractivity contribution in [2.24, 2.45) is 0 Å². The molecular weight excluding hydrogens is 390 g/mol. The fraction of sp³-hybridized carbons (Fsp3) is 0.250. The van der Waals surface area contributed by atoms with E-state index in [1.165, 1.54) is 5.56 Å². The Morgan fingerprint density at radius 2 is 1.84 bits per heavy atom. The third kappa shape index (κ3) is 4.32. The number of benzene rings is 1. The van der Waals surface area contributed by atoms with Crippen molar-refractivity contribution in [2.45, 2.75) is 33.4 Å². The molecule has 0 aliphatic carbocycles. The normalized spacial score (nSPS) is 11.3. The van der Waals surface area contributed by atoms with Gasteiger partial charge in [-0.05, 0) is 39.4 Å². The van der Waals surface area contributed by atoms with Crippen LogP contribution in [0.5, 0.6) is 0 Å². The van der Waals surface area contributed by atoms with E-state index >= 15 is 0 Å². The van der Waals surface area contributed by atoms with Gasteiger partial charge in [0, 0.05) is 43.5 Å². The summed E-state index contributed by atoms with van der Waals surface area (Å²) in [5.74, 6) is 0.554. The van der Waals surface area contributed by atoms with Crippen LogP contribution in [0.2, 0.25) is 0 Å². The lowest BCUT2D eigenvalue weighted by atomic mass is 10.1. The van der Waals surface area contributed by atoms with E-state index in [9.17, 15) is 4.79 Å². The molecule has 160 valence electrons. The van der Waals surface area contributed by atoms with Crippen molar-refractivity contribution in [3.63, 3.8) is 0 Å². The van der Waals surface area contributed by atoms with Crippen LogP contribution in [0.1, 0.15) is 32.6 Å². The first-order chi connectivity index (χ1) is 15.0. The van der Waals surface area contributed by atoms with Crippen LogP contribution in [-0.4, -0.2) is 26.7 Å². The molecule has 0 bridgehead atoms. The second kappa shape index (κ2) is 8.65. The molecule has 31 heavy (non-hydrogen) atoms. The molecule has 0 atom stereocenters. The summed E-state index contributed by atoms with van der Waals surface area (Å²) < 4.78 is 7.30. The van der Waals surface area contributed by atoms with Crippen molar-refractivity contribution < 1.29 is 5.95 Å². The molecule has 7 nitrogen and oxygen atoms in total. The highest BCUT2D eigenvalue weighted by atomic mass is 16.5. The lowest BCUT2D eigenvalue weighted by Gasteiger charge is -2.11. The molecule has 4 aromatic rings. The third-order valence-electron chi connectivity index (χ3n) is 5.12. The van der Waals surface area contributed by atoms with E-state index in [-0.39, 0.29) is 13.0 Å². The lowest BCUT2D eigenvalue weighted by molar-refractivity contribution is 0.433. The van der Waals surface area contributed by atoms with Crippen molar-refractivity contribution in [3.8, 4) is 34.0 Å². The number of nitrogens with zero attached hydrogens (tertiary/aromatic N) is 4. The topological polar surface area (TPSA) is 85.8 Å². The Balaban J connectivity index is 0.00000289. The first kappa shape index (κ1) is 20.7. The Hall–Kier alpha value is -3.58. The Bertz CT molecular complexity index is 1260. The maximum absolute atomic E-state index is 12.1. The highest BCUT2D eigenvalue weighted by Crippen LogP contribution is 2.28. The third-order valence-corrected chi connectivity index (χ3v) is 5.12. The first-order valence-corrected chi connectivity index (χ1v) is 10.2. The molecule has 0 aliphatic rings. The predicted octanol–water partition coefficient (Wildman–Crippen LogP) is 4.48. The van der Waals surface area contributed by atoms with Gasteiger partial charge in [-0.2, -0.15) is 0 Å². The molecule has 0 unspecified atom stereocenters. The molecule has 0 fully saturated rings. The minimum atomic E-state index is -0.0420. The largest absolute Gasteiger partial charge is 0.354 e. The molecule has 0 radical (unpaired) electrons. The molecule has 3 aromatic heterocycles. The first-order valence-electron chi connectivity index (χ1n) is 10.2. The summed E-state index contributed by atoms with van der Waals surface area (Å²) in [7, 11) is 1.92. The summed E-state index contributed by atoms with van der Waals surface area (Å²) in [4.78, 5) is 21.3. The van der Waals surface area contributed by atoms with E-state index in [2.05, 4.69) is 27.6 Å². The van der Waals surface area contributed by atoms with E-state index in [0.717, 1.165) is 29.1 Å². The van der Waals surface area contributed by atoms with Crippen LogP contribution < -0.4 is 10.9 Å². The monoisotopic (exact) mass is 417 g/mol. The summed E-state index contributed by atoms with van der Waals surface area (Å²) in [5, 5.41) is 7.37. The van der Waals surface area contributed by atoms with Crippen LogP contribution in [0.3, 0.4) is 0 Å². The maximum Gasteiger partial charge on any atom is 0.250 e. The molecular formula is C24H27N5O2. The second-order valence-electron chi connectivity index (χ2n) is 7.75. The molecule has 0 aliphatic heterocycles. The number of nitrogens with one attached hydrogen (secondary N) is 1. The number of aryl methyl sites for hydroxylation is 1. The van der Waals surface area contributed by atoms with E-state index in [4.69, 9.17) is 9.51 Å². The highest BCUT2D eigenvalue weighted by molar-refractivity contribution is 5.68. The van der Waals surface area contributed by atoms with Gasteiger partial charge in [0.15, 0.2) is 5.76 Å². The fourth-order valence-electron chi connectivity index (χ4n) is 3.40. The minimum Gasteiger partial charge on any atom is -0.354 e. The number of rotatable bonds is 6. The fourth-order valence-corrected chi connectivity index (χ4v) is 3.40. The van der Waals surface area contributed by atoms with Gasteiger partial charge in [-0.1, -0.05) is 29.4 Å². The van der Waals surface area contributed by atoms with Gasteiger partial charge in [-0.15, -0.1) is 0 Å². The van der Waals surface area contributed by atoms with Gasteiger partial charge in [0.25, 0.3) is 5.56 Å². The van der Waals surface area contributed by atoms with Crippen LogP contribution in [0, 0.1) is 6.92 Å². The SMILES string of the molecule is CNCc1ccc(-c2cc(-c3nc(-c4ccc(=O)n(C(C)C)c4)cnc3C)on2)cc1.[HH]. The average Bonchev–Trinajstić information content (AvgIpc) is 3.25.